The third-order valence-electron chi connectivity index (χ3n) is 6.48. The molecule has 0 bridgehead atoms. The van der Waals surface area contributed by atoms with Crippen LogP contribution in [-0.4, -0.2) is 43.6 Å². The third kappa shape index (κ3) is 4.94. The molecule has 1 atom stereocenters. The second-order valence-electron chi connectivity index (χ2n) is 8.75. The molecule has 1 N–H and O–H groups in total. The maximum absolute atomic E-state index is 13.7. The minimum absolute atomic E-state index is 0.185. The Morgan fingerprint density at radius 2 is 1.51 bits per heavy atom. The van der Waals surface area contributed by atoms with Crippen molar-refractivity contribution in [2.75, 3.05) is 21.3 Å². The zero-order chi connectivity index (χ0) is 25.0. The summed E-state index contributed by atoms with van der Waals surface area (Å²) in [4.78, 5) is 28.9. The molecule has 1 aliphatic rings. The van der Waals surface area contributed by atoms with E-state index in [-0.39, 0.29) is 18.4 Å². The number of carbonyl (C=O) groups excluding carboxylic acids is 2. The number of fused-ring (bicyclic) bond motifs is 1. The van der Waals surface area contributed by atoms with E-state index in [4.69, 9.17) is 14.2 Å². The Morgan fingerprint density at radius 1 is 0.886 bits per heavy atom. The van der Waals surface area contributed by atoms with Crippen LogP contribution >= 0.6 is 0 Å². The number of carbonyl (C=O) groups is 2. The van der Waals surface area contributed by atoms with Crippen LogP contribution in [0, 0.1) is 0 Å². The number of amides is 2. The van der Waals surface area contributed by atoms with Gasteiger partial charge in [-0.05, 0) is 53.9 Å². The molecular weight excluding hydrogens is 444 g/mol. The lowest BCUT2D eigenvalue weighted by Gasteiger charge is -2.44. The van der Waals surface area contributed by atoms with Gasteiger partial charge in [-0.2, -0.15) is 0 Å². The van der Waals surface area contributed by atoms with E-state index < -0.39 is 5.54 Å². The SMILES string of the molecule is COc1ccc(CNC(=O)[C@]2(C)Cc3ccccc3C(=O)N2Cc2cc(OC)cc(OC)c2)cc1. The molecule has 2 amide bonds. The van der Waals surface area contributed by atoms with Gasteiger partial charge in [0, 0.05) is 31.1 Å². The molecule has 1 heterocycles. The fraction of sp³-hybridized carbons (Fsp3) is 0.286. The van der Waals surface area contributed by atoms with Crippen LogP contribution in [0.1, 0.15) is 34.0 Å². The molecule has 0 saturated carbocycles. The van der Waals surface area contributed by atoms with Crippen LogP contribution in [0.4, 0.5) is 0 Å². The molecule has 3 aromatic rings. The smallest absolute Gasteiger partial charge is 0.255 e. The maximum atomic E-state index is 13.7. The van der Waals surface area contributed by atoms with Crippen LogP contribution in [0.3, 0.4) is 0 Å². The van der Waals surface area contributed by atoms with E-state index in [0.29, 0.717) is 30.0 Å². The topological polar surface area (TPSA) is 77.1 Å². The van der Waals surface area contributed by atoms with Crippen molar-refractivity contribution >= 4 is 11.8 Å². The van der Waals surface area contributed by atoms with E-state index in [0.717, 1.165) is 22.4 Å². The minimum atomic E-state index is -1.09. The average molecular weight is 475 g/mol. The fourth-order valence-corrected chi connectivity index (χ4v) is 4.42. The predicted molar refractivity (Wildman–Crippen MR) is 133 cm³/mol. The van der Waals surface area contributed by atoms with Crippen LogP contribution in [0.5, 0.6) is 17.2 Å². The van der Waals surface area contributed by atoms with Crippen LogP contribution in [0.15, 0.2) is 66.7 Å². The molecule has 1 aliphatic heterocycles. The first kappa shape index (κ1) is 24.1. The van der Waals surface area contributed by atoms with Crippen molar-refractivity contribution in [1.82, 2.24) is 10.2 Å². The summed E-state index contributed by atoms with van der Waals surface area (Å²) in [7, 11) is 4.78. The van der Waals surface area contributed by atoms with Gasteiger partial charge in [-0.3, -0.25) is 9.59 Å². The molecule has 0 spiro atoms. The molecule has 0 aliphatic carbocycles. The van der Waals surface area contributed by atoms with Crippen molar-refractivity contribution < 1.29 is 23.8 Å². The molecule has 3 aromatic carbocycles. The summed E-state index contributed by atoms with van der Waals surface area (Å²) >= 11 is 0. The van der Waals surface area contributed by atoms with E-state index in [1.54, 1.807) is 32.3 Å². The van der Waals surface area contributed by atoms with Gasteiger partial charge in [0.25, 0.3) is 5.91 Å². The first-order valence-corrected chi connectivity index (χ1v) is 11.4. The molecule has 182 valence electrons. The molecule has 7 nitrogen and oxygen atoms in total. The number of hydrogen-bond donors (Lipinski definition) is 1. The summed E-state index contributed by atoms with van der Waals surface area (Å²) in [6, 6.07) is 20.5. The normalized spacial score (nSPS) is 16.9. The van der Waals surface area contributed by atoms with E-state index in [9.17, 15) is 9.59 Å². The van der Waals surface area contributed by atoms with Crippen LogP contribution in [0.25, 0.3) is 0 Å². The summed E-state index contributed by atoms with van der Waals surface area (Å²) in [5.41, 5.74) is 2.13. The summed E-state index contributed by atoms with van der Waals surface area (Å²) < 4.78 is 16.0. The van der Waals surface area contributed by atoms with Crippen molar-refractivity contribution in [2.45, 2.75) is 32.0 Å². The van der Waals surface area contributed by atoms with Crippen molar-refractivity contribution in [3.05, 3.63) is 89.0 Å². The molecule has 0 unspecified atom stereocenters. The van der Waals surface area contributed by atoms with Crippen LogP contribution < -0.4 is 19.5 Å². The van der Waals surface area contributed by atoms with E-state index in [2.05, 4.69) is 5.32 Å². The highest BCUT2D eigenvalue weighted by molar-refractivity contribution is 6.02. The zero-order valence-electron chi connectivity index (χ0n) is 20.5. The van der Waals surface area contributed by atoms with Crippen molar-refractivity contribution in [2.24, 2.45) is 0 Å². The standard InChI is InChI=1S/C28H30N2O5/c1-28(27(32)29-17-19-9-11-22(33-2)12-10-19)16-21-7-5-6-8-25(21)26(31)30(28)18-20-13-23(34-3)15-24(14-20)35-4/h5-15H,16-18H2,1-4H3,(H,29,32)/t28-/m0/s1. The van der Waals surface area contributed by atoms with E-state index in [1.165, 1.54) is 0 Å². The summed E-state index contributed by atoms with van der Waals surface area (Å²) in [6.45, 7) is 2.39. The Kier molecular flexibility index (Phi) is 6.96. The fourth-order valence-electron chi connectivity index (χ4n) is 4.42. The molecular formula is C28H30N2O5. The van der Waals surface area contributed by atoms with E-state index in [1.807, 2.05) is 67.6 Å². The molecule has 0 saturated heterocycles. The number of hydrogen-bond acceptors (Lipinski definition) is 5. The highest BCUT2D eigenvalue weighted by Gasteiger charge is 2.46. The maximum Gasteiger partial charge on any atom is 0.255 e. The Labute approximate surface area is 205 Å². The minimum Gasteiger partial charge on any atom is -0.497 e. The van der Waals surface area contributed by atoms with Gasteiger partial charge in [0.1, 0.15) is 22.8 Å². The Morgan fingerprint density at radius 3 is 2.14 bits per heavy atom. The lowest BCUT2D eigenvalue weighted by atomic mass is 9.82. The van der Waals surface area contributed by atoms with Gasteiger partial charge < -0.3 is 24.4 Å². The molecule has 0 radical (unpaired) electrons. The number of benzene rings is 3. The Balaban J connectivity index is 1.65. The van der Waals surface area contributed by atoms with Gasteiger partial charge in [-0.25, -0.2) is 0 Å². The predicted octanol–water partition coefficient (Wildman–Crippen LogP) is 3.99. The lowest BCUT2D eigenvalue weighted by molar-refractivity contribution is -0.132. The lowest BCUT2D eigenvalue weighted by Crippen LogP contribution is -2.62. The molecule has 0 aromatic heterocycles. The number of rotatable bonds is 8. The highest BCUT2D eigenvalue weighted by Crippen LogP contribution is 2.34. The van der Waals surface area contributed by atoms with Crippen LogP contribution in [0.2, 0.25) is 0 Å². The first-order chi connectivity index (χ1) is 16.9. The second-order valence-corrected chi connectivity index (χ2v) is 8.75. The number of nitrogens with one attached hydrogen (secondary N) is 1. The monoisotopic (exact) mass is 474 g/mol. The highest BCUT2D eigenvalue weighted by atomic mass is 16.5. The van der Waals surface area contributed by atoms with Gasteiger partial charge in [0.05, 0.1) is 21.3 Å². The van der Waals surface area contributed by atoms with Gasteiger partial charge in [-0.1, -0.05) is 30.3 Å². The number of methoxy groups -OCH3 is 3. The summed E-state index contributed by atoms with van der Waals surface area (Å²) in [5.74, 6) is 1.59. The quantitative estimate of drug-likeness (QED) is 0.534. The van der Waals surface area contributed by atoms with Crippen LogP contribution in [-0.2, 0) is 24.3 Å². The van der Waals surface area contributed by atoms with Gasteiger partial charge in [0.15, 0.2) is 0 Å². The van der Waals surface area contributed by atoms with Gasteiger partial charge in [-0.15, -0.1) is 0 Å². The largest absolute Gasteiger partial charge is 0.497 e. The third-order valence-corrected chi connectivity index (χ3v) is 6.48. The van der Waals surface area contributed by atoms with E-state index >= 15 is 0 Å². The summed E-state index contributed by atoms with van der Waals surface area (Å²) in [6.07, 6.45) is 0.407. The molecule has 35 heavy (non-hydrogen) atoms. The molecule has 7 heteroatoms. The summed E-state index contributed by atoms with van der Waals surface area (Å²) in [5, 5.41) is 3.04. The van der Waals surface area contributed by atoms with Crippen molar-refractivity contribution in [3.8, 4) is 17.2 Å². The Hall–Kier alpha value is -4.00. The Bertz CT molecular complexity index is 1200. The number of nitrogens with zero attached hydrogens (tertiary/aromatic N) is 1. The number of ether oxygens (including phenoxy) is 3. The van der Waals surface area contributed by atoms with Gasteiger partial charge >= 0.3 is 0 Å². The second kappa shape index (κ2) is 10.1. The average Bonchev–Trinajstić information content (AvgIpc) is 2.89. The van der Waals surface area contributed by atoms with Gasteiger partial charge in [0.2, 0.25) is 5.91 Å². The molecule has 4 rings (SSSR count). The first-order valence-electron chi connectivity index (χ1n) is 11.4. The van der Waals surface area contributed by atoms with Crippen molar-refractivity contribution in [1.29, 1.82) is 0 Å². The zero-order valence-corrected chi connectivity index (χ0v) is 20.5. The molecule has 0 fully saturated rings. The van der Waals surface area contributed by atoms with Crippen molar-refractivity contribution in [3.63, 3.8) is 0 Å².